The fourth-order valence-corrected chi connectivity index (χ4v) is 2.76. The van der Waals surface area contributed by atoms with E-state index >= 15 is 0 Å². The maximum Gasteiger partial charge on any atom is 0.0555 e. The van der Waals surface area contributed by atoms with E-state index in [1.54, 1.807) is 0 Å². The van der Waals surface area contributed by atoms with Gasteiger partial charge in [0.15, 0.2) is 0 Å². The number of hydrogen-bond acceptors (Lipinski definition) is 2. The molecule has 0 bridgehead atoms. The highest BCUT2D eigenvalue weighted by Gasteiger charge is 2.10. The fourth-order valence-electron chi connectivity index (χ4n) is 2.76. The van der Waals surface area contributed by atoms with Gasteiger partial charge < -0.3 is 10.8 Å². The minimum atomic E-state index is -0.175. The Morgan fingerprint density at radius 2 is 1.15 bits per heavy atom. The van der Waals surface area contributed by atoms with Crippen LogP contribution in [0.15, 0.2) is 0 Å². The quantitative estimate of drug-likeness (QED) is 0.407. The standard InChI is InChI=1S/C18H39NO/c1-3-5-7-8-9-10-11-13-14-17(19)16-18(20)15-12-6-4-2/h17-18,20H,3-16,19H2,1-2H3. The second kappa shape index (κ2) is 15.3. The Kier molecular flexibility index (Phi) is 15.3. The van der Waals surface area contributed by atoms with E-state index in [0.717, 1.165) is 25.7 Å². The normalized spacial score (nSPS) is 14.4. The summed E-state index contributed by atoms with van der Waals surface area (Å²) in [5.74, 6) is 0. The SMILES string of the molecule is CCCCCCCCCCC(N)CC(O)CCCCC. The predicted molar refractivity (Wildman–Crippen MR) is 90.0 cm³/mol. The van der Waals surface area contributed by atoms with Crippen molar-refractivity contribution < 1.29 is 5.11 Å². The molecule has 0 heterocycles. The summed E-state index contributed by atoms with van der Waals surface area (Å²) in [5.41, 5.74) is 6.10. The van der Waals surface area contributed by atoms with Gasteiger partial charge in [-0.05, 0) is 19.3 Å². The van der Waals surface area contributed by atoms with Crippen LogP contribution in [-0.4, -0.2) is 17.3 Å². The lowest BCUT2D eigenvalue weighted by Crippen LogP contribution is -2.26. The second-order valence-electron chi connectivity index (χ2n) is 6.41. The van der Waals surface area contributed by atoms with Gasteiger partial charge in [0.25, 0.3) is 0 Å². The molecule has 0 rings (SSSR count). The second-order valence-corrected chi connectivity index (χ2v) is 6.41. The highest BCUT2D eigenvalue weighted by atomic mass is 16.3. The van der Waals surface area contributed by atoms with Crippen LogP contribution in [0.1, 0.15) is 104 Å². The van der Waals surface area contributed by atoms with E-state index in [1.807, 2.05) is 0 Å². The van der Waals surface area contributed by atoms with Crippen molar-refractivity contribution in [1.29, 1.82) is 0 Å². The number of aliphatic hydroxyl groups is 1. The topological polar surface area (TPSA) is 46.2 Å². The summed E-state index contributed by atoms with van der Waals surface area (Å²) >= 11 is 0. The Bertz CT molecular complexity index is 184. The first-order valence-corrected chi connectivity index (χ1v) is 9.14. The van der Waals surface area contributed by atoms with Crippen LogP contribution in [0, 0.1) is 0 Å². The first-order chi connectivity index (χ1) is 9.70. The van der Waals surface area contributed by atoms with Crippen molar-refractivity contribution in [2.45, 2.75) is 116 Å². The molecule has 0 fully saturated rings. The van der Waals surface area contributed by atoms with Crippen molar-refractivity contribution in [3.8, 4) is 0 Å². The van der Waals surface area contributed by atoms with Gasteiger partial charge >= 0.3 is 0 Å². The molecule has 2 unspecified atom stereocenters. The molecule has 0 aromatic carbocycles. The summed E-state index contributed by atoms with van der Waals surface area (Å²) in [7, 11) is 0. The maximum atomic E-state index is 9.89. The minimum Gasteiger partial charge on any atom is -0.393 e. The monoisotopic (exact) mass is 285 g/mol. The summed E-state index contributed by atoms with van der Waals surface area (Å²) in [5, 5.41) is 9.89. The average molecular weight is 286 g/mol. The molecule has 20 heavy (non-hydrogen) atoms. The summed E-state index contributed by atoms with van der Waals surface area (Å²) in [6, 6.07) is 0.201. The molecule has 2 heteroatoms. The van der Waals surface area contributed by atoms with Gasteiger partial charge in [-0.25, -0.2) is 0 Å². The van der Waals surface area contributed by atoms with Crippen molar-refractivity contribution in [3.63, 3.8) is 0 Å². The van der Waals surface area contributed by atoms with Gasteiger partial charge in [-0.1, -0.05) is 84.5 Å². The Hall–Kier alpha value is -0.0800. The van der Waals surface area contributed by atoms with Gasteiger partial charge in [0.05, 0.1) is 6.10 Å². The Balaban J connectivity index is 3.29. The van der Waals surface area contributed by atoms with Gasteiger partial charge in [0.2, 0.25) is 0 Å². The number of hydrogen-bond donors (Lipinski definition) is 2. The molecule has 0 saturated heterocycles. The van der Waals surface area contributed by atoms with Crippen molar-refractivity contribution in [1.82, 2.24) is 0 Å². The molecule has 3 N–H and O–H groups in total. The molecular weight excluding hydrogens is 246 g/mol. The van der Waals surface area contributed by atoms with Crippen LogP contribution >= 0.6 is 0 Å². The number of aliphatic hydroxyl groups excluding tert-OH is 1. The van der Waals surface area contributed by atoms with Gasteiger partial charge in [-0.15, -0.1) is 0 Å². The van der Waals surface area contributed by atoms with Crippen molar-refractivity contribution >= 4 is 0 Å². The van der Waals surface area contributed by atoms with Crippen LogP contribution in [-0.2, 0) is 0 Å². The molecule has 0 spiro atoms. The first kappa shape index (κ1) is 19.9. The van der Waals surface area contributed by atoms with Gasteiger partial charge in [0.1, 0.15) is 0 Å². The molecule has 0 aromatic rings. The molecule has 0 aromatic heterocycles. The van der Waals surface area contributed by atoms with Crippen molar-refractivity contribution in [2.24, 2.45) is 5.73 Å². The van der Waals surface area contributed by atoms with E-state index in [4.69, 9.17) is 5.73 Å². The summed E-state index contributed by atoms with van der Waals surface area (Å²) in [6.07, 6.45) is 17.0. The number of nitrogens with two attached hydrogens (primary N) is 1. The lowest BCUT2D eigenvalue weighted by molar-refractivity contribution is 0.140. The van der Waals surface area contributed by atoms with E-state index in [-0.39, 0.29) is 12.1 Å². The summed E-state index contributed by atoms with van der Waals surface area (Å²) in [4.78, 5) is 0. The zero-order valence-corrected chi connectivity index (χ0v) is 14.1. The van der Waals surface area contributed by atoms with Gasteiger partial charge in [-0.3, -0.25) is 0 Å². The van der Waals surface area contributed by atoms with Crippen LogP contribution < -0.4 is 5.73 Å². The molecule has 2 atom stereocenters. The van der Waals surface area contributed by atoms with E-state index in [9.17, 15) is 5.11 Å². The Morgan fingerprint density at radius 1 is 0.700 bits per heavy atom. The highest BCUT2D eigenvalue weighted by molar-refractivity contribution is 4.67. The fraction of sp³-hybridized carbons (Fsp3) is 1.00. The zero-order chi connectivity index (χ0) is 15.1. The summed E-state index contributed by atoms with van der Waals surface area (Å²) < 4.78 is 0. The molecule has 0 aliphatic rings. The van der Waals surface area contributed by atoms with Crippen LogP contribution in [0.4, 0.5) is 0 Å². The smallest absolute Gasteiger partial charge is 0.0555 e. The first-order valence-electron chi connectivity index (χ1n) is 9.14. The van der Waals surface area contributed by atoms with Crippen LogP contribution in [0.2, 0.25) is 0 Å². The Labute approximate surface area is 127 Å². The molecule has 122 valence electrons. The minimum absolute atomic E-state index is 0.175. The third-order valence-corrected chi connectivity index (χ3v) is 4.14. The summed E-state index contributed by atoms with van der Waals surface area (Å²) in [6.45, 7) is 4.46. The highest BCUT2D eigenvalue weighted by Crippen LogP contribution is 2.13. The molecular formula is C18H39NO. The van der Waals surface area contributed by atoms with Gasteiger partial charge in [-0.2, -0.15) is 0 Å². The van der Waals surface area contributed by atoms with Crippen molar-refractivity contribution in [2.75, 3.05) is 0 Å². The maximum absolute atomic E-state index is 9.89. The van der Waals surface area contributed by atoms with Gasteiger partial charge in [0, 0.05) is 6.04 Å². The van der Waals surface area contributed by atoms with Crippen LogP contribution in [0.25, 0.3) is 0 Å². The third-order valence-electron chi connectivity index (χ3n) is 4.14. The molecule has 0 aliphatic carbocycles. The molecule has 0 amide bonds. The molecule has 2 nitrogen and oxygen atoms in total. The zero-order valence-electron chi connectivity index (χ0n) is 14.1. The molecule has 0 radical (unpaired) electrons. The Morgan fingerprint density at radius 3 is 1.75 bits per heavy atom. The number of unbranched alkanes of at least 4 members (excludes halogenated alkanes) is 9. The molecule has 0 saturated carbocycles. The molecule has 0 aliphatic heterocycles. The third kappa shape index (κ3) is 14.3. The van der Waals surface area contributed by atoms with E-state index in [1.165, 1.54) is 64.2 Å². The van der Waals surface area contributed by atoms with E-state index in [2.05, 4.69) is 13.8 Å². The predicted octanol–water partition coefficient (Wildman–Crippen LogP) is 5.18. The van der Waals surface area contributed by atoms with Crippen LogP contribution in [0.3, 0.4) is 0 Å². The van der Waals surface area contributed by atoms with Crippen molar-refractivity contribution in [3.05, 3.63) is 0 Å². The average Bonchev–Trinajstić information content (AvgIpc) is 2.42. The van der Waals surface area contributed by atoms with E-state index < -0.39 is 0 Å². The van der Waals surface area contributed by atoms with Crippen LogP contribution in [0.5, 0.6) is 0 Å². The van der Waals surface area contributed by atoms with E-state index in [0.29, 0.717) is 0 Å². The lowest BCUT2D eigenvalue weighted by atomic mass is 9.99. The lowest BCUT2D eigenvalue weighted by Gasteiger charge is -2.16. The number of rotatable bonds is 15. The largest absolute Gasteiger partial charge is 0.393 e.